The average molecular weight is 358 g/mol. The molecule has 2 rings (SSSR count). The van der Waals surface area contributed by atoms with Crippen molar-refractivity contribution in [1.29, 1.82) is 0 Å². The number of hydrogen-bond donors (Lipinski definition) is 3. The molecule has 7 nitrogen and oxygen atoms in total. The number of carboxylic acid groups (broad SMARTS) is 1. The molecule has 138 valence electrons. The van der Waals surface area contributed by atoms with Crippen molar-refractivity contribution in [3.8, 4) is 0 Å². The molecule has 3 N–H and O–H groups in total. The number of furan rings is 1. The third-order valence-corrected chi connectivity index (χ3v) is 3.49. The van der Waals surface area contributed by atoms with E-state index in [0.29, 0.717) is 17.7 Å². The van der Waals surface area contributed by atoms with Gasteiger partial charge < -0.3 is 20.2 Å². The third-order valence-electron chi connectivity index (χ3n) is 3.49. The first kappa shape index (κ1) is 19.2. The zero-order chi connectivity index (χ0) is 19.5. The van der Waals surface area contributed by atoms with Gasteiger partial charge in [-0.25, -0.2) is 4.79 Å². The standard InChI is InChI=1S/C19H22N2O5/c1-5-14-12(18(24)25)10-15(26-14)17(23)20-13-9-7-6-8-11(13)16(22)21-19(2,3)4/h6-10H,5H2,1-4H3,(H,20,23)(H,21,22)(H,24,25). The number of carbonyl (C=O) groups is 3. The molecule has 1 heterocycles. The Labute approximate surface area is 151 Å². The van der Waals surface area contributed by atoms with Crippen LogP contribution in [0.25, 0.3) is 0 Å². The summed E-state index contributed by atoms with van der Waals surface area (Å²) in [5.41, 5.74) is 0.139. The van der Waals surface area contributed by atoms with E-state index in [1.807, 2.05) is 20.8 Å². The fourth-order valence-electron chi connectivity index (χ4n) is 2.37. The van der Waals surface area contributed by atoms with Crippen molar-refractivity contribution in [2.45, 2.75) is 39.7 Å². The van der Waals surface area contributed by atoms with Crippen LogP contribution in [0, 0.1) is 0 Å². The molecule has 0 saturated carbocycles. The summed E-state index contributed by atoms with van der Waals surface area (Å²) in [6.07, 6.45) is 0.347. The summed E-state index contributed by atoms with van der Waals surface area (Å²) in [6, 6.07) is 7.76. The fraction of sp³-hybridized carbons (Fsp3) is 0.316. The maximum atomic E-state index is 12.4. The highest BCUT2D eigenvalue weighted by Gasteiger charge is 2.22. The molecular formula is C19H22N2O5. The first-order valence-corrected chi connectivity index (χ1v) is 8.21. The number of anilines is 1. The highest BCUT2D eigenvalue weighted by atomic mass is 16.4. The van der Waals surface area contributed by atoms with E-state index < -0.39 is 17.4 Å². The molecule has 0 radical (unpaired) electrons. The molecule has 0 aliphatic carbocycles. The molecule has 0 bridgehead atoms. The summed E-state index contributed by atoms with van der Waals surface area (Å²) < 4.78 is 5.35. The Morgan fingerprint density at radius 3 is 2.27 bits per heavy atom. The van der Waals surface area contributed by atoms with Crippen molar-refractivity contribution in [2.75, 3.05) is 5.32 Å². The number of nitrogens with one attached hydrogen (secondary N) is 2. The number of hydrogen-bond acceptors (Lipinski definition) is 4. The van der Waals surface area contributed by atoms with Crippen LogP contribution in [-0.2, 0) is 6.42 Å². The summed E-state index contributed by atoms with van der Waals surface area (Å²) in [6.45, 7) is 7.30. The van der Waals surface area contributed by atoms with Gasteiger partial charge in [-0.2, -0.15) is 0 Å². The Bertz CT molecular complexity index is 846. The highest BCUT2D eigenvalue weighted by Crippen LogP contribution is 2.20. The number of aryl methyl sites for hydroxylation is 1. The summed E-state index contributed by atoms with van der Waals surface area (Å²) in [5, 5.41) is 14.6. The van der Waals surface area contributed by atoms with Crippen LogP contribution in [0.5, 0.6) is 0 Å². The molecule has 0 unspecified atom stereocenters. The van der Waals surface area contributed by atoms with Crippen molar-refractivity contribution in [1.82, 2.24) is 5.32 Å². The van der Waals surface area contributed by atoms with E-state index in [1.165, 1.54) is 6.07 Å². The van der Waals surface area contributed by atoms with Crippen molar-refractivity contribution in [3.05, 3.63) is 53.0 Å². The van der Waals surface area contributed by atoms with Gasteiger partial charge in [0.1, 0.15) is 11.3 Å². The van der Waals surface area contributed by atoms with E-state index in [9.17, 15) is 14.4 Å². The van der Waals surface area contributed by atoms with Crippen LogP contribution in [0.15, 0.2) is 34.7 Å². The van der Waals surface area contributed by atoms with E-state index >= 15 is 0 Å². The molecule has 7 heteroatoms. The molecule has 2 amide bonds. The second-order valence-electron chi connectivity index (χ2n) is 6.81. The minimum atomic E-state index is -1.16. The molecule has 0 aliphatic rings. The van der Waals surface area contributed by atoms with E-state index in [-0.39, 0.29) is 23.0 Å². The topological polar surface area (TPSA) is 109 Å². The van der Waals surface area contributed by atoms with Crippen molar-refractivity contribution >= 4 is 23.5 Å². The summed E-state index contributed by atoms with van der Waals surface area (Å²) >= 11 is 0. The number of rotatable bonds is 5. The van der Waals surface area contributed by atoms with Crippen LogP contribution >= 0.6 is 0 Å². The number of carbonyl (C=O) groups excluding carboxylic acids is 2. The van der Waals surface area contributed by atoms with Crippen LogP contribution in [-0.4, -0.2) is 28.4 Å². The van der Waals surface area contributed by atoms with Crippen molar-refractivity contribution < 1.29 is 23.9 Å². The van der Waals surface area contributed by atoms with Gasteiger partial charge in [0.25, 0.3) is 11.8 Å². The van der Waals surface area contributed by atoms with Crippen LogP contribution in [0.2, 0.25) is 0 Å². The largest absolute Gasteiger partial charge is 0.478 e. The highest BCUT2D eigenvalue weighted by molar-refractivity contribution is 6.08. The van der Waals surface area contributed by atoms with E-state index in [0.717, 1.165) is 0 Å². The zero-order valence-electron chi connectivity index (χ0n) is 15.2. The molecule has 0 atom stereocenters. The summed E-state index contributed by atoms with van der Waals surface area (Å²) in [7, 11) is 0. The Morgan fingerprint density at radius 2 is 1.73 bits per heavy atom. The SMILES string of the molecule is CCc1oc(C(=O)Nc2ccccc2C(=O)NC(C)(C)C)cc1C(=O)O. The second-order valence-corrected chi connectivity index (χ2v) is 6.81. The van der Waals surface area contributed by atoms with Crippen molar-refractivity contribution in [3.63, 3.8) is 0 Å². The zero-order valence-corrected chi connectivity index (χ0v) is 15.2. The number of aromatic carboxylic acids is 1. The lowest BCUT2D eigenvalue weighted by atomic mass is 10.1. The molecule has 0 saturated heterocycles. The lowest BCUT2D eigenvalue weighted by Crippen LogP contribution is -2.40. The maximum Gasteiger partial charge on any atom is 0.339 e. The molecule has 1 aromatic heterocycles. The van der Waals surface area contributed by atoms with Gasteiger partial charge in [0.15, 0.2) is 5.76 Å². The maximum absolute atomic E-state index is 12.4. The lowest BCUT2D eigenvalue weighted by molar-refractivity contribution is 0.0693. The first-order valence-electron chi connectivity index (χ1n) is 8.21. The second kappa shape index (κ2) is 7.43. The molecule has 26 heavy (non-hydrogen) atoms. The number of carboxylic acids is 1. The predicted octanol–water partition coefficient (Wildman–Crippen LogP) is 3.32. The normalized spacial score (nSPS) is 11.1. The van der Waals surface area contributed by atoms with Crippen LogP contribution in [0.4, 0.5) is 5.69 Å². The van der Waals surface area contributed by atoms with Gasteiger partial charge in [-0.1, -0.05) is 19.1 Å². The number of para-hydroxylation sites is 1. The van der Waals surface area contributed by atoms with Gasteiger partial charge in [-0.15, -0.1) is 0 Å². The van der Waals surface area contributed by atoms with Gasteiger partial charge in [0, 0.05) is 18.0 Å². The van der Waals surface area contributed by atoms with Crippen LogP contribution in [0.1, 0.15) is 64.7 Å². The Kier molecular flexibility index (Phi) is 5.50. The molecule has 2 aromatic rings. The van der Waals surface area contributed by atoms with Crippen LogP contribution in [0.3, 0.4) is 0 Å². The minimum Gasteiger partial charge on any atom is -0.478 e. The number of amides is 2. The fourth-order valence-corrected chi connectivity index (χ4v) is 2.37. The average Bonchev–Trinajstić information content (AvgIpc) is 2.98. The smallest absolute Gasteiger partial charge is 0.339 e. The van der Waals surface area contributed by atoms with Gasteiger partial charge in [-0.3, -0.25) is 9.59 Å². The number of benzene rings is 1. The summed E-state index contributed by atoms with van der Waals surface area (Å²) in [4.78, 5) is 36.1. The monoisotopic (exact) mass is 358 g/mol. The lowest BCUT2D eigenvalue weighted by Gasteiger charge is -2.21. The Morgan fingerprint density at radius 1 is 1.08 bits per heavy atom. The molecule has 0 fully saturated rings. The first-order chi connectivity index (χ1) is 12.1. The Hall–Kier alpha value is -3.09. The van der Waals surface area contributed by atoms with E-state index in [4.69, 9.17) is 9.52 Å². The molecular weight excluding hydrogens is 336 g/mol. The van der Waals surface area contributed by atoms with Crippen molar-refractivity contribution in [2.24, 2.45) is 0 Å². The van der Waals surface area contributed by atoms with Gasteiger partial charge in [-0.05, 0) is 32.9 Å². The summed E-state index contributed by atoms with van der Waals surface area (Å²) in [5.74, 6) is -2.00. The molecule has 0 aliphatic heterocycles. The third kappa shape index (κ3) is 4.50. The van der Waals surface area contributed by atoms with Gasteiger partial charge >= 0.3 is 5.97 Å². The predicted molar refractivity (Wildman–Crippen MR) is 96.7 cm³/mol. The Balaban J connectivity index is 2.28. The minimum absolute atomic E-state index is 0.0450. The molecule has 0 spiro atoms. The van der Waals surface area contributed by atoms with Gasteiger partial charge in [0.05, 0.1) is 11.3 Å². The molecule has 1 aromatic carbocycles. The van der Waals surface area contributed by atoms with E-state index in [1.54, 1.807) is 31.2 Å². The quantitative estimate of drug-likeness (QED) is 0.760. The van der Waals surface area contributed by atoms with Crippen LogP contribution < -0.4 is 10.6 Å². The van der Waals surface area contributed by atoms with Gasteiger partial charge in [0.2, 0.25) is 0 Å². The van der Waals surface area contributed by atoms with E-state index in [2.05, 4.69) is 10.6 Å².